The second kappa shape index (κ2) is 10.5. The van der Waals surface area contributed by atoms with E-state index in [-0.39, 0.29) is 5.91 Å². The van der Waals surface area contributed by atoms with Gasteiger partial charge >= 0.3 is 0 Å². The fraction of sp³-hybridized carbons (Fsp3) is 0.375. The van der Waals surface area contributed by atoms with Crippen LogP contribution in [0.2, 0.25) is 0 Å². The van der Waals surface area contributed by atoms with Crippen LogP contribution in [0, 0.1) is 6.92 Å². The Kier molecular flexibility index (Phi) is 7.45. The molecule has 0 atom stereocenters. The van der Waals surface area contributed by atoms with Gasteiger partial charge in [0.1, 0.15) is 5.82 Å². The van der Waals surface area contributed by atoms with Crippen LogP contribution in [0.1, 0.15) is 55.1 Å². The number of aryl methyl sites for hydroxylation is 1. The standard InChI is InChI=1S/C24H27BrN4OS/c1-17-12-13-21(20(25)14-17)26-23(30)16-31-24-28-27-22(15-18-8-4-2-5-9-18)29(24)19-10-6-3-7-11-19/h2,4-5,8-9,12-14,19H,3,6-7,10-11,15-16H2,1H3,(H,26,30). The molecule has 0 aliphatic heterocycles. The van der Waals surface area contributed by atoms with E-state index in [9.17, 15) is 4.79 Å². The molecule has 5 nitrogen and oxygen atoms in total. The number of aromatic nitrogens is 3. The molecule has 0 radical (unpaired) electrons. The van der Waals surface area contributed by atoms with Crippen molar-refractivity contribution in [2.45, 2.75) is 56.6 Å². The molecule has 1 aliphatic rings. The second-order valence-electron chi connectivity index (χ2n) is 8.04. The van der Waals surface area contributed by atoms with Gasteiger partial charge in [-0.15, -0.1) is 10.2 Å². The summed E-state index contributed by atoms with van der Waals surface area (Å²) in [5.41, 5.74) is 3.16. The molecule has 1 saturated carbocycles. The molecule has 1 aliphatic carbocycles. The number of amides is 1. The van der Waals surface area contributed by atoms with Gasteiger partial charge in [0.05, 0.1) is 11.4 Å². The van der Waals surface area contributed by atoms with Gasteiger partial charge in [0.2, 0.25) is 5.91 Å². The Morgan fingerprint density at radius 1 is 1.13 bits per heavy atom. The molecule has 1 fully saturated rings. The lowest BCUT2D eigenvalue weighted by atomic mass is 9.95. The molecule has 7 heteroatoms. The highest BCUT2D eigenvalue weighted by Crippen LogP contribution is 2.33. The zero-order valence-corrected chi connectivity index (χ0v) is 20.1. The molecular weight excluding hydrogens is 472 g/mol. The van der Waals surface area contributed by atoms with Crippen LogP contribution in [0.15, 0.2) is 58.2 Å². The first-order chi connectivity index (χ1) is 15.1. The van der Waals surface area contributed by atoms with Crippen LogP contribution >= 0.6 is 27.7 Å². The van der Waals surface area contributed by atoms with E-state index in [2.05, 4.69) is 60.3 Å². The Balaban J connectivity index is 1.48. The minimum absolute atomic E-state index is 0.0441. The van der Waals surface area contributed by atoms with Gasteiger partial charge in [0.15, 0.2) is 5.16 Å². The maximum absolute atomic E-state index is 12.6. The van der Waals surface area contributed by atoms with E-state index in [0.717, 1.165) is 46.0 Å². The van der Waals surface area contributed by atoms with Crippen LogP contribution in [0.4, 0.5) is 5.69 Å². The van der Waals surface area contributed by atoms with Crippen molar-refractivity contribution in [2.75, 3.05) is 11.1 Å². The first-order valence-electron chi connectivity index (χ1n) is 10.8. The Hall–Kier alpha value is -2.12. The normalized spacial score (nSPS) is 14.5. The Morgan fingerprint density at radius 3 is 2.65 bits per heavy atom. The van der Waals surface area contributed by atoms with Gasteiger partial charge in [-0.05, 0) is 59.0 Å². The maximum Gasteiger partial charge on any atom is 0.234 e. The van der Waals surface area contributed by atoms with Crippen LogP contribution in [0.5, 0.6) is 0 Å². The highest BCUT2D eigenvalue weighted by molar-refractivity contribution is 9.10. The minimum atomic E-state index is -0.0441. The predicted octanol–water partition coefficient (Wildman–Crippen LogP) is 6.18. The van der Waals surface area contributed by atoms with E-state index in [1.165, 1.54) is 36.6 Å². The molecule has 1 heterocycles. The van der Waals surface area contributed by atoms with Crippen molar-refractivity contribution >= 4 is 39.3 Å². The fourth-order valence-corrected chi connectivity index (χ4v) is 5.47. The summed E-state index contributed by atoms with van der Waals surface area (Å²) in [4.78, 5) is 12.6. The van der Waals surface area contributed by atoms with Gasteiger partial charge in [0, 0.05) is 16.9 Å². The summed E-state index contributed by atoms with van der Waals surface area (Å²) in [7, 11) is 0. The van der Waals surface area contributed by atoms with Gasteiger partial charge in [-0.25, -0.2) is 0 Å². The summed E-state index contributed by atoms with van der Waals surface area (Å²) < 4.78 is 3.19. The highest BCUT2D eigenvalue weighted by atomic mass is 79.9. The molecule has 1 aromatic heterocycles. The highest BCUT2D eigenvalue weighted by Gasteiger charge is 2.23. The van der Waals surface area contributed by atoms with Crippen LogP contribution in [-0.4, -0.2) is 26.4 Å². The lowest BCUT2D eigenvalue weighted by Crippen LogP contribution is -2.18. The molecule has 1 amide bonds. The van der Waals surface area contributed by atoms with Gasteiger partial charge in [-0.2, -0.15) is 0 Å². The zero-order valence-electron chi connectivity index (χ0n) is 17.7. The maximum atomic E-state index is 12.6. The molecule has 4 rings (SSSR count). The Bertz CT molecular complexity index is 1030. The third-order valence-electron chi connectivity index (χ3n) is 5.61. The van der Waals surface area contributed by atoms with Crippen LogP contribution in [0.3, 0.4) is 0 Å². The van der Waals surface area contributed by atoms with E-state index in [0.29, 0.717) is 11.8 Å². The third kappa shape index (κ3) is 5.77. The summed E-state index contributed by atoms with van der Waals surface area (Å²) in [6, 6.07) is 16.7. The SMILES string of the molecule is Cc1ccc(NC(=O)CSc2nnc(Cc3ccccc3)n2C2CCCCC2)c(Br)c1. The quantitative estimate of drug-likeness (QED) is 0.395. The third-order valence-corrected chi connectivity index (χ3v) is 7.21. The number of anilines is 1. The summed E-state index contributed by atoms with van der Waals surface area (Å²) in [5.74, 6) is 1.25. The lowest BCUT2D eigenvalue weighted by Gasteiger charge is -2.25. The van der Waals surface area contributed by atoms with Gasteiger partial charge in [-0.3, -0.25) is 4.79 Å². The van der Waals surface area contributed by atoms with E-state index < -0.39 is 0 Å². The molecule has 0 bridgehead atoms. The number of thioether (sulfide) groups is 1. The summed E-state index contributed by atoms with van der Waals surface area (Å²) in [5, 5.41) is 12.8. The van der Waals surface area contributed by atoms with E-state index in [1.807, 2.05) is 31.2 Å². The van der Waals surface area contributed by atoms with Crippen molar-refractivity contribution < 1.29 is 4.79 Å². The van der Waals surface area contributed by atoms with Gasteiger partial charge in [0.25, 0.3) is 0 Å². The summed E-state index contributed by atoms with van der Waals surface area (Å²) in [6.45, 7) is 2.03. The van der Waals surface area contributed by atoms with Crippen molar-refractivity contribution in [1.82, 2.24) is 14.8 Å². The topological polar surface area (TPSA) is 59.8 Å². The fourth-order valence-electron chi connectivity index (χ4n) is 4.05. The molecule has 31 heavy (non-hydrogen) atoms. The van der Waals surface area contributed by atoms with Gasteiger partial charge < -0.3 is 9.88 Å². The average Bonchev–Trinajstić information content (AvgIpc) is 3.18. The number of hydrogen-bond acceptors (Lipinski definition) is 4. The van der Waals surface area contributed by atoms with Crippen LogP contribution in [0.25, 0.3) is 0 Å². The van der Waals surface area contributed by atoms with Crippen molar-refractivity contribution in [2.24, 2.45) is 0 Å². The van der Waals surface area contributed by atoms with E-state index >= 15 is 0 Å². The lowest BCUT2D eigenvalue weighted by molar-refractivity contribution is -0.113. The smallest absolute Gasteiger partial charge is 0.234 e. The molecule has 0 spiro atoms. The van der Waals surface area contributed by atoms with Crippen molar-refractivity contribution in [3.63, 3.8) is 0 Å². The monoisotopic (exact) mass is 498 g/mol. The number of nitrogens with zero attached hydrogens (tertiary/aromatic N) is 3. The first-order valence-corrected chi connectivity index (χ1v) is 12.5. The molecule has 1 N–H and O–H groups in total. The summed E-state index contributed by atoms with van der Waals surface area (Å²) in [6.07, 6.45) is 6.82. The molecular formula is C24H27BrN4OS. The molecule has 0 unspecified atom stereocenters. The van der Waals surface area contributed by atoms with Gasteiger partial charge in [-0.1, -0.05) is 67.4 Å². The Morgan fingerprint density at radius 2 is 1.90 bits per heavy atom. The number of carbonyl (C=O) groups is 1. The zero-order chi connectivity index (χ0) is 21.6. The largest absolute Gasteiger partial charge is 0.324 e. The van der Waals surface area contributed by atoms with Crippen molar-refractivity contribution in [3.05, 3.63) is 70.0 Å². The van der Waals surface area contributed by atoms with Crippen molar-refractivity contribution in [3.8, 4) is 0 Å². The molecule has 3 aromatic rings. The minimum Gasteiger partial charge on any atom is -0.324 e. The predicted molar refractivity (Wildman–Crippen MR) is 130 cm³/mol. The Labute approximate surface area is 196 Å². The average molecular weight is 499 g/mol. The second-order valence-corrected chi connectivity index (χ2v) is 9.84. The van der Waals surface area contributed by atoms with E-state index in [1.54, 1.807) is 0 Å². The number of rotatable bonds is 7. The molecule has 0 saturated heterocycles. The number of hydrogen-bond donors (Lipinski definition) is 1. The summed E-state index contributed by atoms with van der Waals surface area (Å²) >= 11 is 4.99. The number of benzene rings is 2. The van der Waals surface area contributed by atoms with Crippen molar-refractivity contribution in [1.29, 1.82) is 0 Å². The van der Waals surface area contributed by atoms with E-state index in [4.69, 9.17) is 0 Å². The van der Waals surface area contributed by atoms with Crippen LogP contribution < -0.4 is 5.32 Å². The number of carbonyl (C=O) groups excluding carboxylic acids is 1. The molecule has 2 aromatic carbocycles. The first kappa shape index (κ1) is 22.1. The number of nitrogens with one attached hydrogen (secondary N) is 1. The number of halogens is 1. The molecule has 162 valence electrons. The van der Waals surface area contributed by atoms with Crippen LogP contribution in [-0.2, 0) is 11.2 Å².